The topological polar surface area (TPSA) is 69.2 Å². The van der Waals surface area contributed by atoms with Gasteiger partial charge in [-0.3, -0.25) is 9.89 Å². The molecule has 0 spiro atoms. The van der Waals surface area contributed by atoms with Crippen LogP contribution in [0.1, 0.15) is 22.5 Å². The van der Waals surface area contributed by atoms with Crippen LogP contribution in [0.25, 0.3) is 11.3 Å². The number of carbonyl (C=O) groups is 1. The molecule has 3 rings (SSSR count). The van der Waals surface area contributed by atoms with E-state index in [1.165, 1.54) is 12.1 Å². The van der Waals surface area contributed by atoms with Crippen molar-refractivity contribution in [3.63, 3.8) is 0 Å². The van der Waals surface area contributed by atoms with Gasteiger partial charge in [-0.1, -0.05) is 41.9 Å². The Morgan fingerprint density at radius 2 is 1.96 bits per heavy atom. The minimum absolute atomic E-state index is 0.0627. The van der Waals surface area contributed by atoms with Gasteiger partial charge in [-0.25, -0.2) is 0 Å². The number of phenolic OH excluding ortho intramolecular Hbond substituents is 1. The van der Waals surface area contributed by atoms with Gasteiger partial charge in [0.25, 0.3) is 5.91 Å². The highest BCUT2D eigenvalue weighted by Gasteiger charge is 2.16. The van der Waals surface area contributed by atoms with Gasteiger partial charge >= 0.3 is 0 Å². The number of hydrogen-bond donors (Lipinski definition) is 2. The zero-order chi connectivity index (χ0) is 18.5. The lowest BCUT2D eigenvalue weighted by Gasteiger charge is -2.17. The van der Waals surface area contributed by atoms with Crippen LogP contribution in [-0.2, 0) is 6.42 Å². The number of benzene rings is 2. The summed E-state index contributed by atoms with van der Waals surface area (Å²) in [5.41, 5.74) is 3.22. The number of amides is 1. The maximum atomic E-state index is 12.4. The van der Waals surface area contributed by atoms with Crippen LogP contribution in [0.3, 0.4) is 0 Å². The Morgan fingerprint density at radius 3 is 2.73 bits per heavy atom. The molecular formula is C20H20ClN3O2. The molecular weight excluding hydrogens is 350 g/mol. The van der Waals surface area contributed by atoms with Crippen molar-refractivity contribution in [1.82, 2.24) is 15.1 Å². The number of aromatic nitrogens is 2. The molecule has 1 aromatic heterocycles. The van der Waals surface area contributed by atoms with Crippen molar-refractivity contribution in [1.29, 1.82) is 0 Å². The summed E-state index contributed by atoms with van der Waals surface area (Å²) in [7, 11) is 1.71. The summed E-state index contributed by atoms with van der Waals surface area (Å²) in [6, 6.07) is 16.5. The molecule has 0 fully saturated rings. The number of H-pyrrole nitrogens is 1. The van der Waals surface area contributed by atoms with Crippen molar-refractivity contribution in [3.05, 3.63) is 70.9 Å². The molecule has 1 amide bonds. The normalized spacial score (nSPS) is 10.7. The van der Waals surface area contributed by atoms with Crippen molar-refractivity contribution < 1.29 is 9.90 Å². The molecule has 0 saturated heterocycles. The van der Waals surface area contributed by atoms with E-state index < -0.39 is 0 Å². The number of carbonyl (C=O) groups excluding carboxylic acids is 1. The highest BCUT2D eigenvalue weighted by Crippen LogP contribution is 2.23. The number of nitrogens with zero attached hydrogens (tertiary/aromatic N) is 2. The smallest absolute Gasteiger partial charge is 0.257 e. The van der Waals surface area contributed by atoms with E-state index in [1.54, 1.807) is 18.0 Å². The van der Waals surface area contributed by atoms with Crippen LogP contribution in [0, 0.1) is 0 Å². The average molecular weight is 370 g/mol. The lowest BCUT2D eigenvalue weighted by molar-refractivity contribution is 0.0790. The molecule has 6 heteroatoms. The molecule has 0 radical (unpaired) electrons. The Bertz CT molecular complexity index is 893. The van der Waals surface area contributed by atoms with Gasteiger partial charge in [-0.2, -0.15) is 5.10 Å². The van der Waals surface area contributed by atoms with Gasteiger partial charge in [0.1, 0.15) is 5.75 Å². The lowest BCUT2D eigenvalue weighted by atomic mass is 10.1. The van der Waals surface area contributed by atoms with Crippen molar-refractivity contribution in [2.75, 3.05) is 13.6 Å². The first-order valence-corrected chi connectivity index (χ1v) is 8.76. The van der Waals surface area contributed by atoms with Gasteiger partial charge in [-0.05, 0) is 37.1 Å². The molecule has 0 aliphatic carbocycles. The largest absolute Gasteiger partial charge is 0.507 e. The fraction of sp³-hybridized carbons (Fsp3) is 0.200. The third kappa shape index (κ3) is 4.24. The van der Waals surface area contributed by atoms with Crippen LogP contribution in [0.5, 0.6) is 5.75 Å². The van der Waals surface area contributed by atoms with Crippen LogP contribution < -0.4 is 0 Å². The first kappa shape index (κ1) is 18.0. The molecule has 0 aliphatic rings. The number of halogens is 1. The second-order valence-electron chi connectivity index (χ2n) is 6.14. The van der Waals surface area contributed by atoms with E-state index >= 15 is 0 Å². The van der Waals surface area contributed by atoms with Gasteiger partial charge in [0.15, 0.2) is 0 Å². The molecule has 3 aromatic rings. The third-order valence-corrected chi connectivity index (χ3v) is 4.41. The van der Waals surface area contributed by atoms with E-state index in [-0.39, 0.29) is 17.2 Å². The predicted molar refractivity (Wildman–Crippen MR) is 102 cm³/mol. The first-order valence-electron chi connectivity index (χ1n) is 8.38. The second kappa shape index (κ2) is 8.06. The monoisotopic (exact) mass is 369 g/mol. The lowest BCUT2D eigenvalue weighted by Crippen LogP contribution is -2.28. The zero-order valence-corrected chi connectivity index (χ0v) is 15.2. The number of nitrogens with one attached hydrogen (secondary N) is 1. The summed E-state index contributed by atoms with van der Waals surface area (Å²) in [6.45, 7) is 0.560. The van der Waals surface area contributed by atoms with E-state index in [9.17, 15) is 9.90 Å². The van der Waals surface area contributed by atoms with Crippen LogP contribution in [0.15, 0.2) is 54.6 Å². The van der Waals surface area contributed by atoms with Gasteiger partial charge in [0.05, 0.1) is 11.3 Å². The molecule has 134 valence electrons. The van der Waals surface area contributed by atoms with Crippen molar-refractivity contribution in [3.8, 4) is 17.0 Å². The van der Waals surface area contributed by atoms with Crippen molar-refractivity contribution in [2.45, 2.75) is 12.8 Å². The van der Waals surface area contributed by atoms with E-state index in [1.807, 2.05) is 36.4 Å². The summed E-state index contributed by atoms with van der Waals surface area (Å²) in [4.78, 5) is 14.0. The summed E-state index contributed by atoms with van der Waals surface area (Å²) in [6.07, 6.45) is 1.55. The fourth-order valence-corrected chi connectivity index (χ4v) is 2.91. The average Bonchev–Trinajstić information content (AvgIpc) is 3.12. The molecule has 0 aliphatic heterocycles. The fourth-order valence-electron chi connectivity index (χ4n) is 2.74. The van der Waals surface area contributed by atoms with Crippen LogP contribution in [-0.4, -0.2) is 39.7 Å². The van der Waals surface area contributed by atoms with Gasteiger partial charge in [0.2, 0.25) is 0 Å². The Kier molecular flexibility index (Phi) is 5.58. The Balaban J connectivity index is 1.55. The summed E-state index contributed by atoms with van der Waals surface area (Å²) in [5.74, 6) is -0.313. The summed E-state index contributed by atoms with van der Waals surface area (Å²) in [5, 5.41) is 17.7. The van der Waals surface area contributed by atoms with Crippen molar-refractivity contribution >= 4 is 17.5 Å². The minimum atomic E-state index is -0.250. The Hall–Kier alpha value is -2.79. The van der Waals surface area contributed by atoms with Crippen LogP contribution in [0.4, 0.5) is 0 Å². The molecule has 1 heterocycles. The Morgan fingerprint density at radius 1 is 1.19 bits per heavy atom. The number of hydrogen-bond acceptors (Lipinski definition) is 3. The summed E-state index contributed by atoms with van der Waals surface area (Å²) < 4.78 is 0. The van der Waals surface area contributed by atoms with Crippen LogP contribution >= 0.6 is 11.6 Å². The van der Waals surface area contributed by atoms with Gasteiger partial charge in [0, 0.05) is 29.9 Å². The molecule has 26 heavy (non-hydrogen) atoms. The molecule has 0 bridgehead atoms. The maximum absolute atomic E-state index is 12.4. The number of aromatic hydroxyl groups is 1. The SMILES string of the molecule is CN(CCCc1cc(-c2ccccc2)n[nH]1)C(=O)c1cc(Cl)ccc1O. The molecule has 0 unspecified atom stereocenters. The zero-order valence-electron chi connectivity index (χ0n) is 14.4. The number of aromatic amines is 1. The minimum Gasteiger partial charge on any atom is -0.507 e. The third-order valence-electron chi connectivity index (χ3n) is 4.18. The predicted octanol–water partition coefficient (Wildman–Crippen LogP) is 4.14. The Labute approximate surface area is 157 Å². The molecule has 2 aromatic carbocycles. The van der Waals surface area contributed by atoms with E-state index in [2.05, 4.69) is 10.2 Å². The quantitative estimate of drug-likeness (QED) is 0.686. The standard InChI is InChI=1S/C20H20ClN3O2/c1-24(20(26)17-12-15(21)9-10-19(17)25)11-5-8-16-13-18(23-22-16)14-6-3-2-4-7-14/h2-4,6-7,9-10,12-13,25H,5,8,11H2,1H3,(H,22,23). The number of phenols is 1. The van der Waals surface area contributed by atoms with E-state index in [4.69, 9.17) is 11.6 Å². The number of rotatable bonds is 6. The summed E-state index contributed by atoms with van der Waals surface area (Å²) >= 11 is 5.91. The molecule has 0 saturated carbocycles. The molecule has 2 N–H and O–H groups in total. The van der Waals surface area contributed by atoms with E-state index in [0.717, 1.165) is 29.8 Å². The second-order valence-corrected chi connectivity index (χ2v) is 6.57. The first-order chi connectivity index (χ1) is 12.5. The molecule has 0 atom stereocenters. The van der Waals surface area contributed by atoms with E-state index in [0.29, 0.717) is 11.6 Å². The molecule has 5 nitrogen and oxygen atoms in total. The highest BCUT2D eigenvalue weighted by molar-refractivity contribution is 6.31. The van der Waals surface area contributed by atoms with Crippen molar-refractivity contribution in [2.24, 2.45) is 0 Å². The number of aryl methyl sites for hydroxylation is 1. The highest BCUT2D eigenvalue weighted by atomic mass is 35.5. The van der Waals surface area contributed by atoms with Gasteiger partial charge in [-0.15, -0.1) is 0 Å². The maximum Gasteiger partial charge on any atom is 0.257 e. The van der Waals surface area contributed by atoms with Crippen LogP contribution in [0.2, 0.25) is 5.02 Å². The van der Waals surface area contributed by atoms with Gasteiger partial charge < -0.3 is 10.0 Å².